The monoisotopic (exact) mass is 396 g/mol. The number of carbonyl (C=O) groups excluding carboxylic acids is 1. The molecule has 140 valence electrons. The summed E-state index contributed by atoms with van der Waals surface area (Å²) in [5.41, 5.74) is 1.66. The molecule has 0 aromatic carbocycles. The van der Waals surface area contributed by atoms with Crippen molar-refractivity contribution in [3.63, 3.8) is 0 Å². The van der Waals surface area contributed by atoms with E-state index in [9.17, 15) is 4.79 Å². The smallest absolute Gasteiger partial charge is 0.229 e. The molecule has 0 radical (unpaired) electrons. The summed E-state index contributed by atoms with van der Waals surface area (Å²) < 4.78 is 3.92. The first-order chi connectivity index (χ1) is 11.7. The van der Waals surface area contributed by atoms with Gasteiger partial charge in [0.2, 0.25) is 5.91 Å². The Morgan fingerprint density at radius 1 is 1.31 bits per heavy atom. The van der Waals surface area contributed by atoms with Gasteiger partial charge in [-0.2, -0.15) is 0 Å². The number of pyridine rings is 1. The van der Waals surface area contributed by atoms with Gasteiger partial charge in [-0.25, -0.2) is 9.97 Å². The van der Waals surface area contributed by atoms with Crippen molar-refractivity contribution in [2.75, 3.05) is 19.6 Å². The van der Waals surface area contributed by atoms with Gasteiger partial charge in [0.25, 0.3) is 0 Å². The van der Waals surface area contributed by atoms with E-state index in [-0.39, 0.29) is 36.8 Å². The van der Waals surface area contributed by atoms with E-state index in [2.05, 4.69) is 15.3 Å². The Bertz CT molecular complexity index is 844. The molecule has 1 amide bonds. The Balaban J connectivity index is 0.00000121. The highest BCUT2D eigenvalue weighted by molar-refractivity contribution is 5.85. The Labute approximate surface area is 164 Å². The van der Waals surface area contributed by atoms with Crippen molar-refractivity contribution in [2.24, 2.45) is 7.05 Å². The topological polar surface area (TPSA) is 67.5 Å². The van der Waals surface area contributed by atoms with E-state index in [1.54, 1.807) is 6.20 Å². The third kappa shape index (κ3) is 3.85. The van der Waals surface area contributed by atoms with Gasteiger partial charge in [-0.05, 0) is 12.1 Å². The summed E-state index contributed by atoms with van der Waals surface area (Å²) >= 11 is 0. The molecule has 26 heavy (non-hydrogen) atoms. The standard InChI is InChI=1S/C17H20N6O.2ClH/c1-21-8-6-19-17(21)14-11-18-5-9-23(14)16(24)10-13-12-22-7-3-2-4-15(22)20-13;;/h2-4,6-8,12,14,18H,5,9-11H2,1H3;2*1H. The number of piperazine rings is 1. The Kier molecular flexibility index (Phi) is 6.63. The molecule has 1 saturated heterocycles. The van der Waals surface area contributed by atoms with Gasteiger partial charge in [0.15, 0.2) is 0 Å². The number of carbonyl (C=O) groups is 1. The number of amides is 1. The number of halogens is 2. The predicted molar refractivity (Wildman–Crippen MR) is 104 cm³/mol. The quantitative estimate of drug-likeness (QED) is 0.730. The van der Waals surface area contributed by atoms with Crippen molar-refractivity contribution in [2.45, 2.75) is 12.5 Å². The summed E-state index contributed by atoms with van der Waals surface area (Å²) in [5, 5.41) is 3.35. The summed E-state index contributed by atoms with van der Waals surface area (Å²) in [5.74, 6) is 0.999. The molecule has 3 aromatic rings. The van der Waals surface area contributed by atoms with Crippen LogP contribution >= 0.6 is 24.8 Å². The molecule has 7 nitrogen and oxygen atoms in total. The molecule has 3 aromatic heterocycles. The predicted octanol–water partition coefficient (Wildman–Crippen LogP) is 1.63. The van der Waals surface area contributed by atoms with E-state index in [1.807, 2.05) is 57.7 Å². The van der Waals surface area contributed by atoms with Crippen molar-refractivity contribution >= 4 is 36.4 Å². The van der Waals surface area contributed by atoms with Gasteiger partial charge >= 0.3 is 0 Å². The Morgan fingerprint density at radius 2 is 2.15 bits per heavy atom. The molecule has 1 N–H and O–H groups in total. The van der Waals surface area contributed by atoms with Crippen LogP contribution < -0.4 is 5.32 Å². The number of rotatable bonds is 3. The minimum atomic E-state index is -0.0386. The normalized spacial score (nSPS) is 16.8. The first-order valence-electron chi connectivity index (χ1n) is 8.12. The van der Waals surface area contributed by atoms with Crippen LogP contribution in [-0.2, 0) is 18.3 Å². The second-order valence-electron chi connectivity index (χ2n) is 6.08. The first-order valence-corrected chi connectivity index (χ1v) is 8.12. The number of aryl methyl sites for hydroxylation is 1. The zero-order chi connectivity index (χ0) is 16.5. The summed E-state index contributed by atoms with van der Waals surface area (Å²) in [6.45, 7) is 2.21. The second kappa shape index (κ2) is 8.53. The highest BCUT2D eigenvalue weighted by atomic mass is 35.5. The first kappa shape index (κ1) is 20.2. The van der Waals surface area contributed by atoms with Crippen molar-refractivity contribution < 1.29 is 4.79 Å². The number of aromatic nitrogens is 4. The van der Waals surface area contributed by atoms with Crippen molar-refractivity contribution in [1.29, 1.82) is 0 Å². The SMILES string of the molecule is Cl.Cl.Cn1ccnc1C1CNCCN1C(=O)Cc1cn2ccccc2n1. The third-order valence-corrected chi connectivity index (χ3v) is 4.47. The van der Waals surface area contributed by atoms with Crippen LogP contribution in [0.25, 0.3) is 5.65 Å². The van der Waals surface area contributed by atoms with Crippen LogP contribution in [0.4, 0.5) is 0 Å². The lowest BCUT2D eigenvalue weighted by atomic mass is 10.1. The molecule has 1 aliphatic heterocycles. The van der Waals surface area contributed by atoms with Crippen LogP contribution in [0.2, 0.25) is 0 Å². The summed E-state index contributed by atoms with van der Waals surface area (Å²) in [6.07, 6.45) is 7.86. The van der Waals surface area contributed by atoms with Gasteiger partial charge in [-0.3, -0.25) is 4.79 Å². The number of hydrogen-bond donors (Lipinski definition) is 1. The highest BCUT2D eigenvalue weighted by Gasteiger charge is 2.30. The van der Waals surface area contributed by atoms with E-state index in [0.29, 0.717) is 13.0 Å². The lowest BCUT2D eigenvalue weighted by Crippen LogP contribution is -2.49. The lowest BCUT2D eigenvalue weighted by Gasteiger charge is -2.35. The van der Waals surface area contributed by atoms with Crippen LogP contribution in [0.1, 0.15) is 17.6 Å². The Hall–Kier alpha value is -2.09. The second-order valence-corrected chi connectivity index (χ2v) is 6.08. The average Bonchev–Trinajstić information content (AvgIpc) is 3.20. The summed E-state index contributed by atoms with van der Waals surface area (Å²) in [6, 6.07) is 5.80. The maximum absolute atomic E-state index is 12.9. The van der Waals surface area contributed by atoms with Crippen LogP contribution in [0.15, 0.2) is 43.0 Å². The molecule has 1 atom stereocenters. The van der Waals surface area contributed by atoms with Crippen LogP contribution in [-0.4, -0.2) is 49.4 Å². The fourth-order valence-corrected chi connectivity index (χ4v) is 3.26. The van der Waals surface area contributed by atoms with Crippen molar-refractivity contribution in [3.8, 4) is 0 Å². The molecular weight excluding hydrogens is 375 g/mol. The van der Waals surface area contributed by atoms with Gasteiger partial charge in [0, 0.05) is 51.5 Å². The van der Waals surface area contributed by atoms with Crippen LogP contribution in [0.3, 0.4) is 0 Å². The van der Waals surface area contributed by atoms with Crippen molar-refractivity contribution in [3.05, 3.63) is 54.5 Å². The number of imidazole rings is 2. The largest absolute Gasteiger partial charge is 0.336 e. The number of nitrogens with zero attached hydrogens (tertiary/aromatic N) is 5. The molecule has 1 unspecified atom stereocenters. The minimum Gasteiger partial charge on any atom is -0.336 e. The lowest BCUT2D eigenvalue weighted by molar-refractivity contribution is -0.134. The fraction of sp³-hybridized carbons (Fsp3) is 0.353. The number of hydrogen-bond acceptors (Lipinski definition) is 4. The van der Waals surface area contributed by atoms with Crippen LogP contribution in [0.5, 0.6) is 0 Å². The van der Waals surface area contributed by atoms with E-state index in [4.69, 9.17) is 0 Å². The molecule has 0 spiro atoms. The molecule has 1 aliphatic rings. The fourth-order valence-electron chi connectivity index (χ4n) is 3.26. The zero-order valence-corrected chi connectivity index (χ0v) is 16.0. The zero-order valence-electron chi connectivity index (χ0n) is 14.4. The molecular formula is C17H22Cl2N6O. The van der Waals surface area contributed by atoms with Gasteiger partial charge in [-0.1, -0.05) is 6.07 Å². The number of nitrogens with one attached hydrogen (secondary N) is 1. The van der Waals surface area contributed by atoms with Gasteiger partial charge in [-0.15, -0.1) is 24.8 Å². The van der Waals surface area contributed by atoms with Crippen LogP contribution in [0, 0.1) is 0 Å². The van der Waals surface area contributed by atoms with Gasteiger partial charge in [0.05, 0.1) is 12.1 Å². The molecule has 0 bridgehead atoms. The average molecular weight is 397 g/mol. The van der Waals surface area contributed by atoms with Crippen molar-refractivity contribution in [1.82, 2.24) is 29.2 Å². The van der Waals surface area contributed by atoms with E-state index < -0.39 is 0 Å². The van der Waals surface area contributed by atoms with E-state index >= 15 is 0 Å². The van der Waals surface area contributed by atoms with E-state index in [0.717, 1.165) is 30.3 Å². The third-order valence-electron chi connectivity index (χ3n) is 4.47. The highest BCUT2D eigenvalue weighted by Crippen LogP contribution is 2.21. The summed E-state index contributed by atoms with van der Waals surface area (Å²) in [4.78, 5) is 23.7. The molecule has 1 fully saturated rings. The molecule has 4 heterocycles. The summed E-state index contributed by atoms with van der Waals surface area (Å²) in [7, 11) is 1.96. The number of fused-ring (bicyclic) bond motifs is 1. The molecule has 4 rings (SSSR count). The Morgan fingerprint density at radius 3 is 2.88 bits per heavy atom. The minimum absolute atomic E-state index is 0. The van der Waals surface area contributed by atoms with Gasteiger partial charge in [0.1, 0.15) is 17.5 Å². The molecule has 9 heteroatoms. The maximum atomic E-state index is 12.9. The van der Waals surface area contributed by atoms with E-state index in [1.165, 1.54) is 0 Å². The maximum Gasteiger partial charge on any atom is 0.229 e. The molecule has 0 saturated carbocycles. The van der Waals surface area contributed by atoms with Gasteiger partial charge < -0.3 is 19.2 Å². The molecule has 0 aliphatic carbocycles.